The lowest BCUT2D eigenvalue weighted by atomic mass is 9.96. The van der Waals surface area contributed by atoms with Gasteiger partial charge in [0.2, 0.25) is 5.91 Å². The van der Waals surface area contributed by atoms with Crippen molar-refractivity contribution in [2.75, 3.05) is 5.32 Å². The fourth-order valence-corrected chi connectivity index (χ4v) is 2.20. The van der Waals surface area contributed by atoms with Crippen LogP contribution in [0.15, 0.2) is 42.5 Å². The fourth-order valence-electron chi connectivity index (χ4n) is 2.20. The first-order valence-corrected chi connectivity index (χ1v) is 6.65. The van der Waals surface area contributed by atoms with Crippen LogP contribution in [0, 0.1) is 6.92 Å². The van der Waals surface area contributed by atoms with Crippen molar-refractivity contribution < 1.29 is 14.7 Å². The van der Waals surface area contributed by atoms with Gasteiger partial charge in [0.1, 0.15) is 0 Å². The summed E-state index contributed by atoms with van der Waals surface area (Å²) in [5.74, 6) is -1.08. The minimum Gasteiger partial charge on any atom is -0.481 e. The van der Waals surface area contributed by atoms with Gasteiger partial charge in [-0.25, -0.2) is 0 Å². The molecule has 108 valence electrons. The van der Waals surface area contributed by atoms with E-state index in [2.05, 4.69) is 5.32 Å². The van der Waals surface area contributed by atoms with Gasteiger partial charge in [0.15, 0.2) is 0 Å². The molecule has 4 heteroatoms. The number of hydrogen-bond donors (Lipinski definition) is 2. The molecule has 0 bridgehead atoms. The Hall–Kier alpha value is -2.62. The van der Waals surface area contributed by atoms with Crippen LogP contribution in [0.3, 0.4) is 0 Å². The van der Waals surface area contributed by atoms with Crippen LogP contribution in [0.1, 0.15) is 18.1 Å². The molecule has 2 N–H and O–H groups in total. The second kappa shape index (κ2) is 6.22. The van der Waals surface area contributed by atoms with Crippen LogP contribution < -0.4 is 5.32 Å². The highest BCUT2D eigenvalue weighted by atomic mass is 16.4. The Morgan fingerprint density at radius 2 is 1.76 bits per heavy atom. The number of carboxylic acids is 1. The van der Waals surface area contributed by atoms with Crippen LogP contribution in [-0.4, -0.2) is 17.0 Å². The predicted octanol–water partition coefficient (Wildman–Crippen LogP) is 3.25. The van der Waals surface area contributed by atoms with Crippen LogP contribution in [0.2, 0.25) is 0 Å². The molecule has 0 spiro atoms. The van der Waals surface area contributed by atoms with Crippen molar-refractivity contribution in [3.8, 4) is 11.1 Å². The Morgan fingerprint density at radius 1 is 1.10 bits per heavy atom. The predicted molar refractivity (Wildman–Crippen MR) is 82.3 cm³/mol. The van der Waals surface area contributed by atoms with E-state index in [4.69, 9.17) is 5.11 Å². The summed E-state index contributed by atoms with van der Waals surface area (Å²) in [5.41, 5.74) is 4.26. The Balaban J connectivity index is 2.46. The Kier molecular flexibility index (Phi) is 4.38. The summed E-state index contributed by atoms with van der Waals surface area (Å²) in [6.07, 6.45) is -0.0867. The topological polar surface area (TPSA) is 66.4 Å². The summed E-state index contributed by atoms with van der Waals surface area (Å²) < 4.78 is 0. The molecule has 4 nitrogen and oxygen atoms in total. The number of aliphatic carboxylic acids is 1. The van der Waals surface area contributed by atoms with Gasteiger partial charge in [-0.3, -0.25) is 9.59 Å². The van der Waals surface area contributed by atoms with Gasteiger partial charge in [-0.2, -0.15) is 0 Å². The van der Waals surface area contributed by atoms with E-state index in [1.165, 1.54) is 6.92 Å². The molecule has 0 heterocycles. The third-order valence-electron chi connectivity index (χ3n) is 3.13. The normalized spacial score (nSPS) is 10.2. The molecule has 0 atom stereocenters. The molecular weight excluding hydrogens is 266 g/mol. The molecule has 0 aliphatic rings. The van der Waals surface area contributed by atoms with E-state index in [0.717, 1.165) is 16.7 Å². The molecule has 0 unspecified atom stereocenters. The van der Waals surface area contributed by atoms with Gasteiger partial charge < -0.3 is 10.4 Å². The highest BCUT2D eigenvalue weighted by Crippen LogP contribution is 2.27. The average Bonchev–Trinajstić information content (AvgIpc) is 2.39. The van der Waals surface area contributed by atoms with E-state index in [0.29, 0.717) is 11.3 Å². The van der Waals surface area contributed by atoms with Crippen molar-refractivity contribution in [3.05, 3.63) is 53.6 Å². The number of amides is 1. The number of hydrogen-bond acceptors (Lipinski definition) is 2. The highest BCUT2D eigenvalue weighted by Gasteiger charge is 2.10. The second-order valence-corrected chi connectivity index (χ2v) is 4.99. The number of carboxylic acid groups (broad SMARTS) is 1. The third kappa shape index (κ3) is 3.92. The molecule has 2 aromatic rings. The lowest BCUT2D eigenvalue weighted by Crippen LogP contribution is -2.08. The largest absolute Gasteiger partial charge is 0.481 e. The van der Waals surface area contributed by atoms with E-state index < -0.39 is 5.97 Å². The number of nitrogens with one attached hydrogen (secondary N) is 1. The van der Waals surface area contributed by atoms with Gasteiger partial charge in [-0.1, -0.05) is 35.9 Å². The fraction of sp³-hybridized carbons (Fsp3) is 0.176. The lowest BCUT2D eigenvalue weighted by molar-refractivity contribution is -0.136. The third-order valence-corrected chi connectivity index (χ3v) is 3.13. The monoisotopic (exact) mass is 283 g/mol. The highest BCUT2D eigenvalue weighted by molar-refractivity contribution is 5.89. The summed E-state index contributed by atoms with van der Waals surface area (Å²) in [6.45, 7) is 3.42. The van der Waals surface area contributed by atoms with Gasteiger partial charge in [0.05, 0.1) is 6.42 Å². The molecular formula is C17H17NO3. The molecule has 0 aliphatic carbocycles. The summed E-state index contributed by atoms with van der Waals surface area (Å²) in [7, 11) is 0. The van der Waals surface area contributed by atoms with Crippen LogP contribution in [0.4, 0.5) is 5.69 Å². The van der Waals surface area contributed by atoms with Crippen LogP contribution in [0.25, 0.3) is 11.1 Å². The van der Waals surface area contributed by atoms with Crippen molar-refractivity contribution in [2.24, 2.45) is 0 Å². The second-order valence-electron chi connectivity index (χ2n) is 4.99. The zero-order valence-corrected chi connectivity index (χ0v) is 12.0. The van der Waals surface area contributed by atoms with Crippen LogP contribution in [0.5, 0.6) is 0 Å². The Morgan fingerprint density at radius 3 is 2.33 bits per heavy atom. The molecule has 0 aliphatic heterocycles. The SMILES string of the molecule is CC(=O)Nc1ccc(-c2ccc(C)cc2)c(CC(=O)O)c1. The molecule has 0 fully saturated rings. The van der Waals surface area contributed by atoms with Gasteiger partial charge in [0, 0.05) is 12.6 Å². The summed E-state index contributed by atoms with van der Waals surface area (Å²) in [6, 6.07) is 13.2. The smallest absolute Gasteiger partial charge is 0.307 e. The minimum atomic E-state index is -0.900. The quantitative estimate of drug-likeness (QED) is 0.905. The van der Waals surface area contributed by atoms with E-state index in [1.807, 2.05) is 37.3 Å². The van der Waals surface area contributed by atoms with Crippen LogP contribution in [-0.2, 0) is 16.0 Å². The molecule has 0 saturated carbocycles. The summed E-state index contributed by atoms with van der Waals surface area (Å²) >= 11 is 0. The number of aryl methyl sites for hydroxylation is 1. The molecule has 1 amide bonds. The maximum atomic E-state index is 11.1. The van der Waals surface area contributed by atoms with E-state index in [1.54, 1.807) is 12.1 Å². The van der Waals surface area contributed by atoms with Gasteiger partial charge in [-0.15, -0.1) is 0 Å². The zero-order chi connectivity index (χ0) is 15.4. The number of carbonyl (C=O) groups excluding carboxylic acids is 1. The number of rotatable bonds is 4. The van der Waals surface area contributed by atoms with Gasteiger partial charge in [0.25, 0.3) is 0 Å². The number of benzene rings is 2. The maximum absolute atomic E-state index is 11.1. The van der Waals surface area contributed by atoms with E-state index >= 15 is 0 Å². The van der Waals surface area contributed by atoms with Crippen molar-refractivity contribution in [2.45, 2.75) is 20.3 Å². The first-order valence-electron chi connectivity index (χ1n) is 6.65. The van der Waals surface area contributed by atoms with E-state index in [-0.39, 0.29) is 12.3 Å². The number of anilines is 1. The average molecular weight is 283 g/mol. The zero-order valence-electron chi connectivity index (χ0n) is 12.0. The molecule has 0 saturated heterocycles. The standard InChI is InChI=1S/C17H17NO3/c1-11-3-5-13(6-4-11)16-8-7-15(18-12(2)19)9-14(16)10-17(20)21/h3-9H,10H2,1-2H3,(H,18,19)(H,20,21). The Labute approximate surface area is 123 Å². The minimum absolute atomic E-state index is 0.0867. The van der Waals surface area contributed by atoms with E-state index in [9.17, 15) is 9.59 Å². The van der Waals surface area contributed by atoms with Crippen LogP contribution >= 0.6 is 0 Å². The molecule has 2 aromatic carbocycles. The van der Waals surface area contributed by atoms with Crippen molar-refractivity contribution in [1.82, 2.24) is 0 Å². The summed E-state index contributed by atoms with van der Waals surface area (Å²) in [4.78, 5) is 22.2. The first kappa shape index (κ1) is 14.8. The lowest BCUT2D eigenvalue weighted by Gasteiger charge is -2.11. The Bertz CT molecular complexity index is 675. The van der Waals surface area contributed by atoms with Gasteiger partial charge in [-0.05, 0) is 35.7 Å². The molecule has 0 radical (unpaired) electrons. The van der Waals surface area contributed by atoms with Crippen molar-refractivity contribution >= 4 is 17.6 Å². The number of carbonyl (C=O) groups is 2. The maximum Gasteiger partial charge on any atom is 0.307 e. The van der Waals surface area contributed by atoms with Crippen molar-refractivity contribution in [3.63, 3.8) is 0 Å². The first-order chi connectivity index (χ1) is 9.95. The molecule has 21 heavy (non-hydrogen) atoms. The van der Waals surface area contributed by atoms with Gasteiger partial charge >= 0.3 is 5.97 Å². The molecule has 0 aromatic heterocycles. The summed E-state index contributed by atoms with van der Waals surface area (Å²) in [5, 5.41) is 11.7. The van der Waals surface area contributed by atoms with Crippen molar-refractivity contribution in [1.29, 1.82) is 0 Å². The molecule has 2 rings (SSSR count).